The number of nitrogens with one attached hydrogen (secondary N) is 1. The van der Waals surface area contributed by atoms with Gasteiger partial charge in [0, 0.05) is 62.8 Å². The molecule has 0 aromatic rings. The third-order valence-corrected chi connectivity index (χ3v) is 6.93. The Bertz CT molecular complexity index is 433. The highest BCUT2D eigenvalue weighted by atomic mass is 127. The molecule has 0 amide bonds. The molecule has 1 atom stereocenters. The average molecular weight is 497 g/mol. The first-order chi connectivity index (χ1) is 12.2. The fraction of sp³-hybridized carbons (Fsp3) is 0.947. The first kappa shape index (κ1) is 22.6. The maximum absolute atomic E-state index is 5.54. The molecule has 0 aromatic carbocycles. The van der Waals surface area contributed by atoms with Gasteiger partial charge in [-0.05, 0) is 26.2 Å². The van der Waals surface area contributed by atoms with Crippen LogP contribution in [0.1, 0.15) is 39.0 Å². The highest BCUT2D eigenvalue weighted by Crippen LogP contribution is 2.37. The highest BCUT2D eigenvalue weighted by Gasteiger charge is 2.40. The number of halogens is 1. The zero-order chi connectivity index (χ0) is 17.5. The predicted octanol–water partition coefficient (Wildman–Crippen LogP) is 2.90. The molecule has 1 saturated carbocycles. The maximum Gasteiger partial charge on any atom is 0.193 e. The van der Waals surface area contributed by atoms with Gasteiger partial charge in [-0.25, -0.2) is 0 Å². The number of guanidine groups is 1. The molecule has 0 spiro atoms. The number of aliphatic imine (C=N–C) groups is 1. The van der Waals surface area contributed by atoms with Gasteiger partial charge >= 0.3 is 0 Å². The second-order valence-corrected chi connectivity index (χ2v) is 9.04. The number of hydrogen-bond acceptors (Lipinski definition) is 4. The third-order valence-electron chi connectivity index (χ3n) is 5.99. The van der Waals surface area contributed by atoms with Crippen molar-refractivity contribution in [3.05, 3.63) is 0 Å². The van der Waals surface area contributed by atoms with Crippen molar-refractivity contribution in [2.45, 2.75) is 44.6 Å². The number of nitrogens with zero attached hydrogens (tertiary/aromatic N) is 3. The Morgan fingerprint density at radius 1 is 1.31 bits per heavy atom. The van der Waals surface area contributed by atoms with Crippen molar-refractivity contribution in [1.82, 2.24) is 15.1 Å². The molecule has 1 aliphatic carbocycles. The zero-order valence-corrected chi connectivity index (χ0v) is 19.7. The molecule has 0 aromatic heterocycles. The van der Waals surface area contributed by atoms with Gasteiger partial charge in [-0.1, -0.05) is 12.8 Å². The van der Waals surface area contributed by atoms with E-state index in [0.717, 1.165) is 38.8 Å². The summed E-state index contributed by atoms with van der Waals surface area (Å²) in [7, 11) is 2.18. The van der Waals surface area contributed by atoms with Crippen molar-refractivity contribution < 1.29 is 4.74 Å². The van der Waals surface area contributed by atoms with Crippen LogP contribution < -0.4 is 5.32 Å². The first-order valence-electron chi connectivity index (χ1n) is 10.1. The third kappa shape index (κ3) is 5.88. The topological polar surface area (TPSA) is 40.1 Å². The Morgan fingerprint density at radius 3 is 2.65 bits per heavy atom. The lowest BCUT2D eigenvalue weighted by atomic mass is 9.95. The largest absolute Gasteiger partial charge is 0.381 e. The van der Waals surface area contributed by atoms with Crippen LogP contribution in [0.5, 0.6) is 0 Å². The van der Waals surface area contributed by atoms with Crippen LogP contribution in [0.2, 0.25) is 0 Å². The van der Waals surface area contributed by atoms with Gasteiger partial charge in [0.15, 0.2) is 5.96 Å². The van der Waals surface area contributed by atoms with Gasteiger partial charge in [0.05, 0.1) is 13.2 Å². The Labute approximate surface area is 181 Å². The Hall–Kier alpha value is 0.270. The summed E-state index contributed by atoms with van der Waals surface area (Å²) < 4.78 is 5.54. The Morgan fingerprint density at radius 2 is 2.04 bits per heavy atom. The van der Waals surface area contributed by atoms with Crippen molar-refractivity contribution in [1.29, 1.82) is 0 Å². The van der Waals surface area contributed by atoms with Crippen molar-refractivity contribution >= 4 is 41.7 Å². The van der Waals surface area contributed by atoms with Crippen molar-refractivity contribution in [3.8, 4) is 0 Å². The smallest absolute Gasteiger partial charge is 0.193 e. The van der Waals surface area contributed by atoms with Crippen LogP contribution in [0, 0.1) is 5.92 Å². The number of rotatable bonds is 6. The van der Waals surface area contributed by atoms with Gasteiger partial charge in [0.1, 0.15) is 0 Å². The van der Waals surface area contributed by atoms with Crippen LogP contribution >= 0.6 is 35.7 Å². The molecule has 2 aliphatic heterocycles. The summed E-state index contributed by atoms with van der Waals surface area (Å²) in [5.74, 6) is 4.29. The fourth-order valence-corrected chi connectivity index (χ4v) is 5.44. The maximum atomic E-state index is 5.54. The van der Waals surface area contributed by atoms with E-state index in [1.807, 2.05) is 0 Å². The second kappa shape index (κ2) is 11.3. The molecule has 1 N–H and O–H groups in total. The number of ether oxygens (including phenoxy) is 1. The van der Waals surface area contributed by atoms with Crippen LogP contribution in [-0.2, 0) is 4.74 Å². The second-order valence-electron chi connectivity index (χ2n) is 7.81. The predicted molar refractivity (Wildman–Crippen MR) is 123 cm³/mol. The van der Waals surface area contributed by atoms with E-state index >= 15 is 0 Å². The molecule has 5 nitrogen and oxygen atoms in total. The van der Waals surface area contributed by atoms with Gasteiger partial charge < -0.3 is 15.0 Å². The number of hydrogen-bond donors (Lipinski definition) is 1. The molecular formula is C19H37IN4OS. The fourth-order valence-electron chi connectivity index (χ4n) is 4.54. The van der Waals surface area contributed by atoms with Gasteiger partial charge in [-0.3, -0.25) is 9.89 Å². The molecule has 3 rings (SSSR count). The minimum absolute atomic E-state index is 0. The standard InChI is InChI=1S/C19H36N4OS.HI/c1-3-20-18(22(2)14-17-6-11-24-15-17)21-16-19(7-4-5-8-19)23-9-12-25-13-10-23;/h17H,3-16H2,1-2H3,(H,20,21);1H. The van der Waals surface area contributed by atoms with E-state index in [4.69, 9.17) is 9.73 Å². The molecule has 26 heavy (non-hydrogen) atoms. The molecule has 152 valence electrons. The first-order valence-corrected chi connectivity index (χ1v) is 11.3. The van der Waals surface area contributed by atoms with Crippen molar-refractivity contribution in [3.63, 3.8) is 0 Å². The van der Waals surface area contributed by atoms with Crippen molar-refractivity contribution in [2.75, 3.05) is 64.5 Å². The molecule has 0 radical (unpaired) electrons. The monoisotopic (exact) mass is 496 g/mol. The summed E-state index contributed by atoms with van der Waals surface area (Å²) in [6, 6.07) is 0. The van der Waals surface area contributed by atoms with Crippen LogP contribution in [0.25, 0.3) is 0 Å². The van der Waals surface area contributed by atoms with E-state index < -0.39 is 0 Å². The minimum Gasteiger partial charge on any atom is -0.381 e. The van der Waals surface area contributed by atoms with E-state index in [1.165, 1.54) is 56.7 Å². The minimum atomic E-state index is 0. The van der Waals surface area contributed by atoms with Crippen LogP contribution in [0.3, 0.4) is 0 Å². The average Bonchev–Trinajstić information content (AvgIpc) is 3.32. The van der Waals surface area contributed by atoms with E-state index in [2.05, 4.69) is 40.8 Å². The van der Waals surface area contributed by atoms with E-state index in [9.17, 15) is 0 Å². The summed E-state index contributed by atoms with van der Waals surface area (Å²) >= 11 is 2.10. The van der Waals surface area contributed by atoms with Gasteiger partial charge in [0.2, 0.25) is 0 Å². The Kier molecular flexibility index (Phi) is 9.82. The van der Waals surface area contributed by atoms with Crippen LogP contribution in [0.15, 0.2) is 4.99 Å². The highest BCUT2D eigenvalue weighted by molar-refractivity contribution is 14.0. The van der Waals surface area contributed by atoms with Crippen molar-refractivity contribution in [2.24, 2.45) is 10.9 Å². The summed E-state index contributed by atoms with van der Waals surface area (Å²) in [5, 5.41) is 3.51. The van der Waals surface area contributed by atoms with Crippen LogP contribution in [0.4, 0.5) is 0 Å². The SMILES string of the molecule is CCNC(=NCC1(N2CCSCC2)CCCC1)N(C)CC1CCOC1.I. The molecule has 0 bridgehead atoms. The molecule has 7 heteroatoms. The van der Waals surface area contributed by atoms with E-state index in [1.54, 1.807) is 0 Å². The lowest BCUT2D eigenvalue weighted by molar-refractivity contribution is 0.112. The lowest BCUT2D eigenvalue weighted by Gasteiger charge is -2.42. The molecule has 2 heterocycles. The molecular weight excluding hydrogens is 459 g/mol. The quantitative estimate of drug-likeness (QED) is 0.348. The van der Waals surface area contributed by atoms with E-state index in [0.29, 0.717) is 11.5 Å². The normalized spacial score (nSPS) is 26.5. The molecule has 2 saturated heterocycles. The summed E-state index contributed by atoms with van der Waals surface area (Å²) in [5.41, 5.74) is 0.318. The van der Waals surface area contributed by atoms with Gasteiger partial charge in [-0.2, -0.15) is 11.8 Å². The molecule has 3 fully saturated rings. The Balaban J connectivity index is 0.00000243. The number of thioether (sulfide) groups is 1. The van der Waals surface area contributed by atoms with Crippen LogP contribution in [-0.4, -0.2) is 85.8 Å². The summed E-state index contributed by atoms with van der Waals surface area (Å²) in [6.07, 6.45) is 6.55. The van der Waals surface area contributed by atoms with Gasteiger partial charge in [0.25, 0.3) is 0 Å². The molecule has 3 aliphatic rings. The van der Waals surface area contributed by atoms with E-state index in [-0.39, 0.29) is 24.0 Å². The lowest BCUT2D eigenvalue weighted by Crippen LogP contribution is -2.53. The summed E-state index contributed by atoms with van der Waals surface area (Å²) in [6.45, 7) is 9.39. The van der Waals surface area contributed by atoms with Gasteiger partial charge in [-0.15, -0.1) is 24.0 Å². The molecule has 1 unspecified atom stereocenters. The summed E-state index contributed by atoms with van der Waals surface area (Å²) in [4.78, 5) is 10.2. The zero-order valence-electron chi connectivity index (χ0n) is 16.5.